The molecule has 1 aliphatic heterocycles. The van der Waals surface area contributed by atoms with Gasteiger partial charge in [0, 0.05) is 16.8 Å². The van der Waals surface area contributed by atoms with E-state index in [0.717, 1.165) is 5.56 Å². The summed E-state index contributed by atoms with van der Waals surface area (Å²) in [6, 6.07) is 12.5. The van der Waals surface area contributed by atoms with Gasteiger partial charge in [0.25, 0.3) is 5.91 Å². The van der Waals surface area contributed by atoms with Gasteiger partial charge in [0.05, 0.1) is 5.69 Å². The molecule has 2 amide bonds. The summed E-state index contributed by atoms with van der Waals surface area (Å²) >= 11 is 5.93. The molecule has 0 radical (unpaired) electrons. The Balaban J connectivity index is 1.77. The number of carbonyl (C=O) groups excluding carboxylic acids is 2. The van der Waals surface area contributed by atoms with Crippen molar-refractivity contribution in [3.05, 3.63) is 53.1 Å². The molecule has 3 rings (SSSR count). The molecule has 23 heavy (non-hydrogen) atoms. The number of aryl methyl sites for hydroxylation is 1. The number of hydrogen-bond donors (Lipinski definition) is 1. The Hall–Kier alpha value is -2.53. The summed E-state index contributed by atoms with van der Waals surface area (Å²) in [6.07, 6.45) is 0. The van der Waals surface area contributed by atoms with Gasteiger partial charge in [-0.25, -0.2) is 0 Å². The van der Waals surface area contributed by atoms with Gasteiger partial charge in [-0.1, -0.05) is 23.7 Å². The lowest BCUT2D eigenvalue weighted by Gasteiger charge is -2.28. The lowest BCUT2D eigenvalue weighted by molar-refractivity contribution is -0.123. The van der Waals surface area contributed by atoms with Crippen molar-refractivity contribution in [3.8, 4) is 5.75 Å². The van der Waals surface area contributed by atoms with Crippen LogP contribution in [0.5, 0.6) is 5.75 Å². The monoisotopic (exact) mass is 330 g/mol. The summed E-state index contributed by atoms with van der Waals surface area (Å²) in [5.74, 6) is -0.0357. The number of fused-ring (bicyclic) bond motifs is 1. The average molecular weight is 331 g/mol. The highest BCUT2D eigenvalue weighted by atomic mass is 35.5. The van der Waals surface area contributed by atoms with Crippen molar-refractivity contribution >= 4 is 34.8 Å². The van der Waals surface area contributed by atoms with Gasteiger partial charge in [-0.05, 0) is 36.8 Å². The summed E-state index contributed by atoms with van der Waals surface area (Å²) in [5.41, 5.74) is 2.29. The second-order valence-corrected chi connectivity index (χ2v) is 5.73. The van der Waals surface area contributed by atoms with Crippen molar-refractivity contribution < 1.29 is 14.3 Å². The van der Waals surface area contributed by atoms with E-state index in [0.29, 0.717) is 22.1 Å². The predicted molar refractivity (Wildman–Crippen MR) is 89.1 cm³/mol. The van der Waals surface area contributed by atoms with E-state index in [-0.39, 0.29) is 25.0 Å². The molecule has 0 bridgehead atoms. The molecule has 2 aromatic carbocycles. The maximum atomic E-state index is 12.2. The first-order valence-corrected chi connectivity index (χ1v) is 7.50. The van der Waals surface area contributed by atoms with Crippen LogP contribution >= 0.6 is 11.6 Å². The number of hydrogen-bond acceptors (Lipinski definition) is 3. The summed E-state index contributed by atoms with van der Waals surface area (Å²) in [6.45, 7) is 1.76. The molecule has 1 aliphatic rings. The standard InChI is InChI=1S/C17H15ClN2O3/c1-11-3-2-4-13(7-11)19-16(21)9-20-14-6-5-12(18)8-15(14)23-10-17(20)22/h2-8H,9-10H2,1H3,(H,19,21). The number of ether oxygens (including phenoxy) is 1. The molecule has 0 aromatic heterocycles. The van der Waals surface area contributed by atoms with Gasteiger partial charge < -0.3 is 10.1 Å². The summed E-state index contributed by atoms with van der Waals surface area (Å²) in [5, 5.41) is 3.31. The van der Waals surface area contributed by atoms with E-state index >= 15 is 0 Å². The smallest absolute Gasteiger partial charge is 0.265 e. The molecule has 118 valence electrons. The maximum absolute atomic E-state index is 12.2. The highest BCUT2D eigenvalue weighted by Gasteiger charge is 2.27. The number of halogens is 1. The van der Waals surface area contributed by atoms with Gasteiger partial charge in [-0.15, -0.1) is 0 Å². The number of carbonyl (C=O) groups is 2. The van der Waals surface area contributed by atoms with Crippen LogP contribution in [0.15, 0.2) is 42.5 Å². The predicted octanol–water partition coefficient (Wildman–Crippen LogP) is 3.01. The molecule has 0 unspecified atom stereocenters. The van der Waals surface area contributed by atoms with Gasteiger partial charge in [0.2, 0.25) is 5.91 Å². The van der Waals surface area contributed by atoms with E-state index in [1.54, 1.807) is 24.3 Å². The van der Waals surface area contributed by atoms with Crippen molar-refractivity contribution in [2.24, 2.45) is 0 Å². The minimum atomic E-state index is -0.272. The van der Waals surface area contributed by atoms with E-state index in [1.165, 1.54) is 4.90 Å². The summed E-state index contributed by atoms with van der Waals surface area (Å²) in [4.78, 5) is 25.7. The van der Waals surface area contributed by atoms with Gasteiger partial charge >= 0.3 is 0 Å². The zero-order chi connectivity index (χ0) is 16.4. The zero-order valence-electron chi connectivity index (χ0n) is 12.5. The number of nitrogens with one attached hydrogen (secondary N) is 1. The lowest BCUT2D eigenvalue weighted by atomic mass is 10.2. The van der Waals surface area contributed by atoms with Crippen molar-refractivity contribution in [1.29, 1.82) is 0 Å². The van der Waals surface area contributed by atoms with Crippen LogP contribution in [0.25, 0.3) is 0 Å². The minimum Gasteiger partial charge on any atom is -0.482 e. The van der Waals surface area contributed by atoms with E-state index in [9.17, 15) is 9.59 Å². The topological polar surface area (TPSA) is 58.6 Å². The molecule has 6 heteroatoms. The van der Waals surface area contributed by atoms with E-state index < -0.39 is 0 Å². The Bertz CT molecular complexity index is 776. The van der Waals surface area contributed by atoms with Crippen LogP contribution in [0.3, 0.4) is 0 Å². The largest absolute Gasteiger partial charge is 0.482 e. The fourth-order valence-electron chi connectivity index (χ4n) is 2.42. The quantitative estimate of drug-likeness (QED) is 0.941. The Labute approximate surface area is 138 Å². The van der Waals surface area contributed by atoms with E-state index in [1.807, 2.05) is 25.1 Å². The highest BCUT2D eigenvalue weighted by Crippen LogP contribution is 2.34. The molecule has 0 saturated heterocycles. The zero-order valence-corrected chi connectivity index (χ0v) is 13.3. The van der Waals surface area contributed by atoms with Crippen molar-refractivity contribution in [2.45, 2.75) is 6.92 Å². The number of anilines is 2. The molecule has 0 fully saturated rings. The van der Waals surface area contributed by atoms with Gasteiger partial charge in [-0.3, -0.25) is 14.5 Å². The Morgan fingerprint density at radius 2 is 2.13 bits per heavy atom. The molecular formula is C17H15ClN2O3. The molecule has 0 atom stereocenters. The molecule has 0 aliphatic carbocycles. The number of rotatable bonds is 3. The van der Waals surface area contributed by atoms with Gasteiger partial charge in [-0.2, -0.15) is 0 Å². The van der Waals surface area contributed by atoms with Crippen molar-refractivity contribution in [2.75, 3.05) is 23.4 Å². The van der Waals surface area contributed by atoms with E-state index in [2.05, 4.69) is 5.32 Å². The fraction of sp³-hybridized carbons (Fsp3) is 0.176. The van der Waals surface area contributed by atoms with Crippen LogP contribution in [0, 0.1) is 6.92 Å². The highest BCUT2D eigenvalue weighted by molar-refractivity contribution is 6.31. The van der Waals surface area contributed by atoms with Crippen LogP contribution in [-0.2, 0) is 9.59 Å². The van der Waals surface area contributed by atoms with E-state index in [4.69, 9.17) is 16.3 Å². The summed E-state index contributed by atoms with van der Waals surface area (Å²) in [7, 11) is 0. The second kappa shape index (κ2) is 6.30. The molecule has 0 spiro atoms. The first-order valence-electron chi connectivity index (χ1n) is 7.12. The molecule has 0 saturated carbocycles. The first-order chi connectivity index (χ1) is 11.0. The number of nitrogens with zero attached hydrogens (tertiary/aromatic N) is 1. The molecule has 1 heterocycles. The maximum Gasteiger partial charge on any atom is 0.265 e. The molecule has 5 nitrogen and oxygen atoms in total. The van der Waals surface area contributed by atoms with Crippen LogP contribution < -0.4 is 15.0 Å². The first kappa shape index (κ1) is 15.4. The Morgan fingerprint density at radius 3 is 2.91 bits per heavy atom. The SMILES string of the molecule is Cc1cccc(NC(=O)CN2C(=O)COc3cc(Cl)ccc32)c1. The lowest BCUT2D eigenvalue weighted by Crippen LogP contribution is -2.43. The van der Waals surface area contributed by atoms with Crippen molar-refractivity contribution in [1.82, 2.24) is 0 Å². The van der Waals surface area contributed by atoms with Crippen LogP contribution in [0.4, 0.5) is 11.4 Å². The summed E-state index contributed by atoms with van der Waals surface area (Å²) < 4.78 is 5.36. The molecule has 2 aromatic rings. The van der Waals surface area contributed by atoms with Crippen LogP contribution in [-0.4, -0.2) is 25.0 Å². The number of benzene rings is 2. The van der Waals surface area contributed by atoms with Gasteiger partial charge in [0.1, 0.15) is 12.3 Å². The van der Waals surface area contributed by atoms with Crippen LogP contribution in [0.1, 0.15) is 5.56 Å². The van der Waals surface area contributed by atoms with Gasteiger partial charge in [0.15, 0.2) is 6.61 Å². The minimum absolute atomic E-state index is 0.0786. The molecule has 1 N–H and O–H groups in total. The Morgan fingerprint density at radius 1 is 1.30 bits per heavy atom. The second-order valence-electron chi connectivity index (χ2n) is 5.30. The molecular weight excluding hydrogens is 316 g/mol. The number of amides is 2. The third kappa shape index (κ3) is 3.46. The Kier molecular flexibility index (Phi) is 4.21. The van der Waals surface area contributed by atoms with Crippen molar-refractivity contribution in [3.63, 3.8) is 0 Å². The average Bonchev–Trinajstić information content (AvgIpc) is 2.50. The fourth-order valence-corrected chi connectivity index (χ4v) is 2.58. The third-order valence-corrected chi connectivity index (χ3v) is 3.70. The van der Waals surface area contributed by atoms with Crippen LogP contribution in [0.2, 0.25) is 5.02 Å². The normalized spacial score (nSPS) is 13.3. The third-order valence-electron chi connectivity index (χ3n) is 3.47.